The van der Waals surface area contributed by atoms with Gasteiger partial charge >= 0.3 is 6.18 Å². The van der Waals surface area contributed by atoms with Crippen LogP contribution in [0.5, 0.6) is 11.5 Å². The highest BCUT2D eigenvalue weighted by atomic mass is 19.4. The van der Waals surface area contributed by atoms with E-state index in [4.69, 9.17) is 9.47 Å². The molecule has 0 bridgehead atoms. The number of halogens is 3. The molecule has 3 N–H and O–H groups in total. The lowest BCUT2D eigenvalue weighted by atomic mass is 9.77. The fourth-order valence-corrected chi connectivity index (χ4v) is 6.54. The molecule has 2 aliphatic heterocycles. The Hall–Kier alpha value is -4.09. The number of nitrogens with zero attached hydrogens (tertiary/aromatic N) is 1. The second kappa shape index (κ2) is 12.7. The van der Waals surface area contributed by atoms with Crippen LogP contribution in [-0.4, -0.2) is 66.8 Å². The third-order valence-corrected chi connectivity index (χ3v) is 9.04. The summed E-state index contributed by atoms with van der Waals surface area (Å²) in [6, 6.07) is 18.3. The summed E-state index contributed by atoms with van der Waals surface area (Å²) in [6.07, 6.45) is -0.871. The molecule has 2 amide bonds. The molecule has 1 aliphatic carbocycles. The van der Waals surface area contributed by atoms with E-state index in [2.05, 4.69) is 15.5 Å². The monoisotopic (exact) mass is 623 g/mol. The lowest BCUT2D eigenvalue weighted by Gasteiger charge is -2.40. The van der Waals surface area contributed by atoms with E-state index in [0.29, 0.717) is 38.6 Å². The van der Waals surface area contributed by atoms with E-state index in [1.165, 1.54) is 6.07 Å². The van der Waals surface area contributed by atoms with Gasteiger partial charge in [0.05, 0.1) is 17.7 Å². The lowest BCUT2D eigenvalue weighted by molar-refractivity contribution is -0.137. The van der Waals surface area contributed by atoms with Gasteiger partial charge in [-0.25, -0.2) is 0 Å². The van der Waals surface area contributed by atoms with Gasteiger partial charge < -0.3 is 25.2 Å². The average Bonchev–Trinajstić information content (AvgIpc) is 3.51. The van der Waals surface area contributed by atoms with Crippen LogP contribution in [-0.2, 0) is 16.6 Å². The number of carbonyl (C=O) groups is 2. The lowest BCUT2D eigenvalue weighted by Crippen LogP contribution is -2.45. The number of rotatable bonds is 7. The van der Waals surface area contributed by atoms with Crippen molar-refractivity contribution in [2.45, 2.75) is 56.0 Å². The Labute approximate surface area is 259 Å². The fraction of sp³-hybridized carbons (Fsp3) is 0.412. The molecule has 1 saturated heterocycles. The predicted molar refractivity (Wildman–Crippen MR) is 161 cm³/mol. The highest BCUT2D eigenvalue weighted by Crippen LogP contribution is 2.41. The molecule has 3 aromatic rings. The quantitative estimate of drug-likeness (QED) is 0.347. The summed E-state index contributed by atoms with van der Waals surface area (Å²) in [4.78, 5) is 27.2. The molecule has 0 spiro atoms. The van der Waals surface area contributed by atoms with E-state index in [0.717, 1.165) is 72.2 Å². The van der Waals surface area contributed by atoms with E-state index in [1.807, 2.05) is 42.5 Å². The van der Waals surface area contributed by atoms with Crippen LogP contribution in [0.3, 0.4) is 0 Å². The van der Waals surface area contributed by atoms with E-state index >= 15 is 0 Å². The first-order chi connectivity index (χ1) is 21.6. The Balaban J connectivity index is 0.960. The molecule has 6 rings (SSSR count). The maximum atomic E-state index is 12.9. The number of aliphatic hydroxyl groups is 1. The minimum atomic E-state index is -4.56. The molecule has 1 atom stereocenters. The zero-order chi connectivity index (χ0) is 31.6. The number of alkyl halides is 3. The summed E-state index contributed by atoms with van der Waals surface area (Å²) < 4.78 is 50.2. The van der Waals surface area contributed by atoms with Crippen molar-refractivity contribution in [3.8, 4) is 22.6 Å². The molecule has 3 aromatic carbocycles. The van der Waals surface area contributed by atoms with E-state index in [-0.39, 0.29) is 24.1 Å². The molecule has 45 heavy (non-hydrogen) atoms. The Kier molecular flexibility index (Phi) is 8.74. The number of nitrogens with one attached hydrogen (secondary N) is 2. The number of benzene rings is 3. The summed E-state index contributed by atoms with van der Waals surface area (Å²) in [5.74, 6) is 0.362. The van der Waals surface area contributed by atoms with Crippen LogP contribution in [0.15, 0.2) is 66.7 Å². The van der Waals surface area contributed by atoms with Crippen LogP contribution in [0.2, 0.25) is 0 Å². The summed E-state index contributed by atoms with van der Waals surface area (Å²) in [7, 11) is 0. The van der Waals surface area contributed by atoms with E-state index < -0.39 is 23.2 Å². The van der Waals surface area contributed by atoms with Crippen molar-refractivity contribution in [3.63, 3.8) is 0 Å². The molecule has 2 heterocycles. The van der Waals surface area contributed by atoms with Crippen molar-refractivity contribution >= 4 is 11.8 Å². The molecule has 2 fully saturated rings. The first-order valence-corrected chi connectivity index (χ1v) is 15.3. The minimum absolute atomic E-state index is 0.0862. The number of hydrogen-bond donors (Lipinski definition) is 3. The summed E-state index contributed by atoms with van der Waals surface area (Å²) >= 11 is 0. The molecule has 0 unspecified atom stereocenters. The van der Waals surface area contributed by atoms with Crippen LogP contribution in [0.25, 0.3) is 11.1 Å². The van der Waals surface area contributed by atoms with Gasteiger partial charge in [0.25, 0.3) is 5.91 Å². The van der Waals surface area contributed by atoms with Crippen molar-refractivity contribution < 1.29 is 37.3 Å². The second-order valence-electron chi connectivity index (χ2n) is 12.0. The van der Waals surface area contributed by atoms with Crippen LogP contribution in [0.1, 0.15) is 53.6 Å². The predicted octanol–water partition coefficient (Wildman–Crippen LogP) is 4.89. The molecule has 3 aliphatic rings. The van der Waals surface area contributed by atoms with Gasteiger partial charge in [-0.1, -0.05) is 36.4 Å². The SMILES string of the molecule is O=C(CNC(=O)c1cccc(C(F)(F)F)c1)N[C@@H]1CCN(C2CCC(O)(c3ccc(-c4ccc5c(c4)OCCO5)cc3)CC2)C1. The molecular formula is C34H36F3N3O5. The van der Waals surface area contributed by atoms with Gasteiger partial charge in [0.2, 0.25) is 5.91 Å². The van der Waals surface area contributed by atoms with Gasteiger partial charge in [0.1, 0.15) is 13.2 Å². The average molecular weight is 624 g/mol. The fourth-order valence-electron chi connectivity index (χ4n) is 6.54. The number of carbonyl (C=O) groups excluding carboxylic acids is 2. The van der Waals surface area contributed by atoms with Crippen molar-refractivity contribution in [2.24, 2.45) is 0 Å². The number of likely N-dealkylation sites (tertiary alicyclic amines) is 1. The minimum Gasteiger partial charge on any atom is -0.486 e. The summed E-state index contributed by atoms with van der Waals surface area (Å²) in [5, 5.41) is 16.9. The normalized spacial score (nSPS) is 23.4. The van der Waals surface area contributed by atoms with Crippen molar-refractivity contribution in [1.82, 2.24) is 15.5 Å². The van der Waals surface area contributed by atoms with Gasteiger partial charge in [0, 0.05) is 30.7 Å². The second-order valence-corrected chi connectivity index (χ2v) is 12.0. The highest BCUT2D eigenvalue weighted by Gasteiger charge is 2.38. The Morgan fingerprint density at radius 1 is 0.911 bits per heavy atom. The zero-order valence-electron chi connectivity index (χ0n) is 24.7. The largest absolute Gasteiger partial charge is 0.486 e. The van der Waals surface area contributed by atoms with Crippen molar-refractivity contribution in [1.29, 1.82) is 0 Å². The van der Waals surface area contributed by atoms with Gasteiger partial charge in [-0.05, 0) is 79.1 Å². The van der Waals surface area contributed by atoms with Crippen LogP contribution in [0, 0.1) is 0 Å². The van der Waals surface area contributed by atoms with Gasteiger partial charge in [-0.2, -0.15) is 13.2 Å². The third-order valence-electron chi connectivity index (χ3n) is 9.04. The zero-order valence-corrected chi connectivity index (χ0v) is 24.7. The first kappa shape index (κ1) is 30.9. The summed E-state index contributed by atoms with van der Waals surface area (Å²) in [6.45, 7) is 2.24. The van der Waals surface area contributed by atoms with Crippen molar-refractivity contribution in [3.05, 3.63) is 83.4 Å². The first-order valence-electron chi connectivity index (χ1n) is 15.3. The molecule has 11 heteroatoms. The van der Waals surface area contributed by atoms with Crippen LogP contribution >= 0.6 is 0 Å². The van der Waals surface area contributed by atoms with Crippen molar-refractivity contribution in [2.75, 3.05) is 32.8 Å². The number of hydrogen-bond acceptors (Lipinski definition) is 6. The standard InChI is InChI=1S/C34H36F3N3O5/c35-34(36,37)26-3-1-2-24(18-26)32(42)38-20-31(41)39-27-12-15-40(21-27)28-10-13-33(43,14-11-28)25-7-4-22(5-8-25)23-6-9-29-30(19-23)45-17-16-44-29/h1-9,18-19,27-28,43H,10-17,20-21H2,(H,38,42)(H,39,41)/t27-,28?,33?/m1/s1. The van der Waals surface area contributed by atoms with Gasteiger partial charge in [0.15, 0.2) is 11.5 Å². The van der Waals surface area contributed by atoms with Crippen LogP contribution in [0.4, 0.5) is 13.2 Å². The molecular weight excluding hydrogens is 587 g/mol. The highest BCUT2D eigenvalue weighted by molar-refractivity contribution is 5.96. The van der Waals surface area contributed by atoms with Gasteiger partial charge in [-0.15, -0.1) is 0 Å². The molecule has 0 aromatic heterocycles. The van der Waals surface area contributed by atoms with E-state index in [1.54, 1.807) is 0 Å². The molecule has 1 saturated carbocycles. The molecule has 238 valence electrons. The molecule has 0 radical (unpaired) electrons. The van der Waals surface area contributed by atoms with E-state index in [9.17, 15) is 27.9 Å². The Morgan fingerprint density at radius 3 is 2.36 bits per heavy atom. The number of fused-ring (bicyclic) bond motifs is 1. The number of ether oxygens (including phenoxy) is 2. The maximum Gasteiger partial charge on any atom is 0.416 e. The van der Waals surface area contributed by atoms with Crippen LogP contribution < -0.4 is 20.1 Å². The number of amides is 2. The van der Waals surface area contributed by atoms with Gasteiger partial charge in [-0.3, -0.25) is 14.5 Å². The molecule has 8 nitrogen and oxygen atoms in total. The Morgan fingerprint density at radius 2 is 1.62 bits per heavy atom. The topological polar surface area (TPSA) is 100 Å². The summed E-state index contributed by atoms with van der Waals surface area (Å²) in [5.41, 5.74) is 0.993. The Bertz CT molecular complexity index is 1540. The maximum absolute atomic E-state index is 12.9. The third kappa shape index (κ3) is 7.10. The smallest absolute Gasteiger partial charge is 0.416 e.